The van der Waals surface area contributed by atoms with E-state index >= 15 is 0 Å². The topological polar surface area (TPSA) is 32.3 Å². The van der Waals surface area contributed by atoms with Gasteiger partial charge in [-0.25, -0.2) is 0 Å². The van der Waals surface area contributed by atoms with Gasteiger partial charge in [-0.1, -0.05) is 52.0 Å². The molecule has 0 amide bonds. The fraction of sp³-hybridized carbons (Fsp3) is 0.667. The highest BCUT2D eigenvalue weighted by Gasteiger charge is 2.16. The van der Waals surface area contributed by atoms with Gasteiger partial charge in [0.05, 0.1) is 0 Å². The second-order valence-electron chi connectivity index (χ2n) is 7.01. The Morgan fingerprint density at radius 2 is 1.70 bits per heavy atom. The minimum Gasteiger partial charge on any atom is -0.396 e. The Kier molecular flexibility index (Phi) is 7.25. The van der Waals surface area contributed by atoms with Crippen LogP contribution in [0, 0.1) is 11.3 Å². The van der Waals surface area contributed by atoms with E-state index in [0.717, 1.165) is 32.4 Å². The van der Waals surface area contributed by atoms with Crippen LogP contribution >= 0.6 is 0 Å². The summed E-state index contributed by atoms with van der Waals surface area (Å²) in [7, 11) is 0. The second-order valence-corrected chi connectivity index (χ2v) is 7.01. The van der Waals surface area contributed by atoms with Gasteiger partial charge >= 0.3 is 0 Å². The highest BCUT2D eigenvalue weighted by molar-refractivity contribution is 5.22. The molecule has 2 N–H and O–H groups in total. The zero-order valence-corrected chi connectivity index (χ0v) is 13.6. The largest absolute Gasteiger partial charge is 0.396 e. The van der Waals surface area contributed by atoms with E-state index in [1.165, 1.54) is 11.1 Å². The smallest absolute Gasteiger partial charge is 0.0431 e. The predicted octanol–water partition coefficient (Wildman–Crippen LogP) is 3.77. The van der Waals surface area contributed by atoms with Crippen LogP contribution in [0.3, 0.4) is 0 Å². The average Bonchev–Trinajstić information content (AvgIpc) is 2.38. The maximum Gasteiger partial charge on any atom is 0.0431 e. The summed E-state index contributed by atoms with van der Waals surface area (Å²) in [5, 5.41) is 12.4. The third-order valence-corrected chi connectivity index (χ3v) is 3.61. The van der Waals surface area contributed by atoms with Crippen molar-refractivity contribution >= 4 is 0 Å². The number of aliphatic hydroxyl groups is 1. The molecule has 0 unspecified atom stereocenters. The maximum atomic E-state index is 8.90. The van der Waals surface area contributed by atoms with Gasteiger partial charge in [-0.15, -0.1) is 0 Å². The molecular formula is C18H31NO. The summed E-state index contributed by atoms with van der Waals surface area (Å²) in [6.07, 6.45) is 3.10. The molecule has 0 spiro atoms. The third kappa shape index (κ3) is 7.06. The van der Waals surface area contributed by atoms with E-state index < -0.39 is 0 Å². The van der Waals surface area contributed by atoms with Crippen LogP contribution in [0.1, 0.15) is 51.7 Å². The summed E-state index contributed by atoms with van der Waals surface area (Å²) >= 11 is 0. The first-order chi connectivity index (χ1) is 9.43. The van der Waals surface area contributed by atoms with Gasteiger partial charge < -0.3 is 10.4 Å². The van der Waals surface area contributed by atoms with Crippen LogP contribution in [0.5, 0.6) is 0 Å². The maximum absolute atomic E-state index is 8.90. The summed E-state index contributed by atoms with van der Waals surface area (Å²) in [6, 6.07) is 8.94. The monoisotopic (exact) mass is 277 g/mol. The van der Waals surface area contributed by atoms with Gasteiger partial charge in [0.2, 0.25) is 0 Å². The normalized spacial score (nSPS) is 12.1. The predicted molar refractivity (Wildman–Crippen MR) is 86.8 cm³/mol. The minimum atomic E-state index is 0.250. The third-order valence-electron chi connectivity index (χ3n) is 3.61. The lowest BCUT2D eigenvalue weighted by molar-refractivity contribution is 0.236. The summed E-state index contributed by atoms with van der Waals surface area (Å²) in [5.74, 6) is 0.714. The average molecular weight is 277 g/mol. The molecule has 0 radical (unpaired) electrons. The second kappa shape index (κ2) is 8.43. The van der Waals surface area contributed by atoms with Gasteiger partial charge in [-0.05, 0) is 41.7 Å². The molecule has 114 valence electrons. The molecule has 20 heavy (non-hydrogen) atoms. The summed E-state index contributed by atoms with van der Waals surface area (Å²) in [4.78, 5) is 0. The van der Waals surface area contributed by atoms with E-state index in [4.69, 9.17) is 5.11 Å². The summed E-state index contributed by atoms with van der Waals surface area (Å²) in [5.41, 5.74) is 3.02. The lowest BCUT2D eigenvalue weighted by atomic mass is 9.88. The van der Waals surface area contributed by atoms with Crippen molar-refractivity contribution < 1.29 is 5.11 Å². The molecule has 0 saturated carbocycles. The van der Waals surface area contributed by atoms with Crippen LogP contribution in [0.4, 0.5) is 0 Å². The van der Waals surface area contributed by atoms with Crippen molar-refractivity contribution in [2.75, 3.05) is 13.2 Å². The molecule has 2 nitrogen and oxygen atoms in total. The minimum absolute atomic E-state index is 0.250. The van der Waals surface area contributed by atoms with E-state index in [1.807, 2.05) is 0 Å². The van der Waals surface area contributed by atoms with Crippen LogP contribution in [0.15, 0.2) is 24.3 Å². The molecule has 0 bridgehead atoms. The van der Waals surface area contributed by atoms with E-state index in [0.29, 0.717) is 12.5 Å². The van der Waals surface area contributed by atoms with Crippen LogP contribution in [0.2, 0.25) is 0 Å². The standard InChI is InChI=1S/C18H31NO/c1-15(2)12-16-6-8-17(9-7-16)13-19-14-18(3,4)10-5-11-20/h6-9,15,19-20H,5,10-14H2,1-4H3. The highest BCUT2D eigenvalue weighted by Crippen LogP contribution is 2.21. The first-order valence-corrected chi connectivity index (χ1v) is 7.82. The van der Waals surface area contributed by atoms with Crippen molar-refractivity contribution in [2.45, 2.75) is 53.5 Å². The number of aliphatic hydroxyl groups excluding tert-OH is 1. The van der Waals surface area contributed by atoms with Crippen LogP contribution < -0.4 is 5.32 Å². The Morgan fingerprint density at radius 1 is 1.10 bits per heavy atom. The molecule has 1 aromatic carbocycles. The van der Waals surface area contributed by atoms with Crippen LogP contribution in [-0.4, -0.2) is 18.3 Å². The molecular weight excluding hydrogens is 246 g/mol. The van der Waals surface area contributed by atoms with E-state index in [2.05, 4.69) is 57.3 Å². The molecule has 0 aliphatic rings. The lowest BCUT2D eigenvalue weighted by Crippen LogP contribution is -2.29. The Hall–Kier alpha value is -0.860. The van der Waals surface area contributed by atoms with Crippen molar-refractivity contribution in [3.63, 3.8) is 0 Å². The molecule has 0 aliphatic carbocycles. The Balaban J connectivity index is 2.35. The number of hydrogen-bond acceptors (Lipinski definition) is 2. The van der Waals surface area contributed by atoms with Crippen molar-refractivity contribution in [1.29, 1.82) is 0 Å². The van der Waals surface area contributed by atoms with E-state index in [9.17, 15) is 0 Å². The van der Waals surface area contributed by atoms with Crippen LogP contribution in [0.25, 0.3) is 0 Å². The van der Waals surface area contributed by atoms with Gasteiger partial charge in [0.25, 0.3) is 0 Å². The van der Waals surface area contributed by atoms with Gasteiger partial charge in [0.15, 0.2) is 0 Å². The Bertz CT molecular complexity index is 368. The van der Waals surface area contributed by atoms with E-state index in [1.54, 1.807) is 0 Å². The van der Waals surface area contributed by atoms with Gasteiger partial charge in [0.1, 0.15) is 0 Å². The van der Waals surface area contributed by atoms with Crippen LogP contribution in [-0.2, 0) is 13.0 Å². The Morgan fingerprint density at radius 3 is 2.25 bits per heavy atom. The number of nitrogens with one attached hydrogen (secondary N) is 1. The first kappa shape index (κ1) is 17.2. The molecule has 0 atom stereocenters. The van der Waals surface area contributed by atoms with Crippen molar-refractivity contribution in [3.8, 4) is 0 Å². The number of rotatable bonds is 9. The highest BCUT2D eigenvalue weighted by atomic mass is 16.2. The molecule has 1 aromatic rings. The lowest BCUT2D eigenvalue weighted by Gasteiger charge is -2.24. The van der Waals surface area contributed by atoms with Gasteiger partial charge in [-0.2, -0.15) is 0 Å². The van der Waals surface area contributed by atoms with Gasteiger partial charge in [-0.3, -0.25) is 0 Å². The van der Waals surface area contributed by atoms with E-state index in [-0.39, 0.29) is 5.41 Å². The number of hydrogen-bond donors (Lipinski definition) is 2. The number of benzene rings is 1. The fourth-order valence-corrected chi connectivity index (χ4v) is 2.46. The fourth-order valence-electron chi connectivity index (χ4n) is 2.46. The Labute approximate surface area is 124 Å². The first-order valence-electron chi connectivity index (χ1n) is 7.82. The summed E-state index contributed by atoms with van der Waals surface area (Å²) in [6.45, 7) is 11.2. The molecule has 0 saturated heterocycles. The zero-order valence-electron chi connectivity index (χ0n) is 13.6. The summed E-state index contributed by atoms with van der Waals surface area (Å²) < 4.78 is 0. The van der Waals surface area contributed by atoms with Gasteiger partial charge in [0, 0.05) is 19.7 Å². The van der Waals surface area contributed by atoms with Crippen molar-refractivity contribution in [2.24, 2.45) is 11.3 Å². The molecule has 0 fully saturated rings. The van der Waals surface area contributed by atoms with Crippen molar-refractivity contribution in [1.82, 2.24) is 5.32 Å². The zero-order chi connectivity index (χ0) is 15.0. The molecule has 1 rings (SSSR count). The molecule has 0 aromatic heterocycles. The molecule has 0 aliphatic heterocycles. The van der Waals surface area contributed by atoms with Crippen molar-refractivity contribution in [3.05, 3.63) is 35.4 Å². The molecule has 0 heterocycles. The molecule has 2 heteroatoms. The quantitative estimate of drug-likeness (QED) is 0.720. The SMILES string of the molecule is CC(C)Cc1ccc(CNCC(C)(C)CCCO)cc1.